The van der Waals surface area contributed by atoms with E-state index < -0.39 is 0 Å². The summed E-state index contributed by atoms with van der Waals surface area (Å²) in [5.41, 5.74) is 2.32. The van der Waals surface area contributed by atoms with Gasteiger partial charge in [-0.25, -0.2) is 0 Å². The maximum Gasteiger partial charge on any atom is 0.234 e. The van der Waals surface area contributed by atoms with Crippen LogP contribution < -0.4 is 5.32 Å². The van der Waals surface area contributed by atoms with Crippen LogP contribution in [0.5, 0.6) is 0 Å². The van der Waals surface area contributed by atoms with Crippen LogP contribution in [-0.2, 0) is 11.8 Å². The smallest absolute Gasteiger partial charge is 0.234 e. The van der Waals surface area contributed by atoms with Gasteiger partial charge in [0.1, 0.15) is 0 Å². The van der Waals surface area contributed by atoms with E-state index in [1.807, 2.05) is 23.7 Å². The monoisotopic (exact) mass is 422 g/mol. The highest BCUT2D eigenvalue weighted by Crippen LogP contribution is 2.33. The predicted molar refractivity (Wildman–Crippen MR) is 118 cm³/mol. The Morgan fingerprint density at radius 1 is 1.10 bits per heavy atom. The Morgan fingerprint density at radius 3 is 2.62 bits per heavy atom. The molecule has 146 valence electrons. The fourth-order valence-electron chi connectivity index (χ4n) is 2.94. The molecule has 4 rings (SSSR count). The van der Waals surface area contributed by atoms with Crippen LogP contribution in [0.2, 0.25) is 0 Å². The molecule has 0 radical (unpaired) electrons. The summed E-state index contributed by atoms with van der Waals surface area (Å²) in [4.78, 5) is 23.6. The van der Waals surface area contributed by atoms with E-state index in [0.29, 0.717) is 16.4 Å². The number of thioether (sulfide) groups is 1. The van der Waals surface area contributed by atoms with Gasteiger partial charge < -0.3 is 9.88 Å². The minimum Gasteiger partial charge on any atom is -0.325 e. The maximum atomic E-state index is 12.3. The lowest BCUT2D eigenvalue weighted by molar-refractivity contribution is -0.113. The molecule has 4 aromatic rings. The number of hydrogen-bond acceptors (Lipinski definition) is 6. The Labute approximate surface area is 176 Å². The first-order chi connectivity index (χ1) is 14.0. The first-order valence-electron chi connectivity index (χ1n) is 8.92. The Kier molecular flexibility index (Phi) is 5.46. The number of fused-ring (bicyclic) bond motifs is 1. The van der Waals surface area contributed by atoms with Crippen molar-refractivity contribution in [3.8, 4) is 11.4 Å². The van der Waals surface area contributed by atoms with Crippen molar-refractivity contribution in [1.82, 2.24) is 14.8 Å². The lowest BCUT2D eigenvalue weighted by Crippen LogP contribution is -2.14. The third kappa shape index (κ3) is 4.08. The number of carbonyl (C=O) groups is 2. The number of rotatable bonds is 6. The molecule has 0 atom stereocenters. The van der Waals surface area contributed by atoms with Gasteiger partial charge in [-0.15, -0.1) is 21.5 Å². The zero-order valence-corrected chi connectivity index (χ0v) is 17.5. The van der Waals surface area contributed by atoms with Crippen molar-refractivity contribution in [2.24, 2.45) is 7.05 Å². The number of nitrogens with one attached hydrogen (secondary N) is 1. The molecule has 0 fully saturated rings. The molecule has 0 spiro atoms. The van der Waals surface area contributed by atoms with Crippen LogP contribution in [0.3, 0.4) is 0 Å². The number of aromatic nitrogens is 3. The Hall–Kier alpha value is -2.97. The number of Topliss-reactive ketones (excluding diaryl/α,β-unsaturated/α-hetero) is 1. The molecule has 1 N–H and O–H groups in total. The highest BCUT2D eigenvalue weighted by Gasteiger charge is 2.16. The standard InChI is InChI=1S/C21H18N4O2S2/c1-13(26)14-7-9-15(10-8-14)22-19(27)12-29-21-24-23-20(25(21)2)17-11-28-18-6-4-3-5-16(17)18/h3-11H,12H2,1-2H3,(H,22,27). The summed E-state index contributed by atoms with van der Waals surface area (Å²) in [6.07, 6.45) is 0. The minimum absolute atomic E-state index is 0.00470. The third-order valence-corrected chi connectivity index (χ3v) is 6.45. The first-order valence-corrected chi connectivity index (χ1v) is 10.8. The van der Waals surface area contributed by atoms with Gasteiger partial charge in [0, 0.05) is 39.3 Å². The van der Waals surface area contributed by atoms with Crippen molar-refractivity contribution >= 4 is 50.6 Å². The summed E-state index contributed by atoms with van der Waals surface area (Å²) in [5, 5.41) is 15.3. The second-order valence-electron chi connectivity index (χ2n) is 6.48. The zero-order chi connectivity index (χ0) is 20.4. The van der Waals surface area contributed by atoms with E-state index in [-0.39, 0.29) is 17.4 Å². The molecular formula is C21H18N4O2S2. The Morgan fingerprint density at radius 2 is 1.86 bits per heavy atom. The van der Waals surface area contributed by atoms with E-state index >= 15 is 0 Å². The van der Waals surface area contributed by atoms with Crippen LogP contribution >= 0.6 is 23.1 Å². The van der Waals surface area contributed by atoms with Gasteiger partial charge in [0.05, 0.1) is 5.75 Å². The average Bonchev–Trinajstić information content (AvgIpc) is 3.30. The van der Waals surface area contributed by atoms with Crippen molar-refractivity contribution in [1.29, 1.82) is 0 Å². The van der Waals surface area contributed by atoms with Gasteiger partial charge in [-0.3, -0.25) is 9.59 Å². The van der Waals surface area contributed by atoms with E-state index in [0.717, 1.165) is 16.8 Å². The molecule has 0 aliphatic carbocycles. The number of benzene rings is 2. The summed E-state index contributed by atoms with van der Waals surface area (Å²) in [6, 6.07) is 15.0. The van der Waals surface area contributed by atoms with Gasteiger partial charge in [-0.05, 0) is 37.3 Å². The van der Waals surface area contributed by atoms with Crippen molar-refractivity contribution in [2.75, 3.05) is 11.1 Å². The largest absolute Gasteiger partial charge is 0.325 e. The lowest BCUT2D eigenvalue weighted by Gasteiger charge is -2.06. The molecule has 0 unspecified atom stereocenters. The van der Waals surface area contributed by atoms with Gasteiger partial charge in [-0.1, -0.05) is 30.0 Å². The number of carbonyl (C=O) groups excluding carboxylic acids is 2. The van der Waals surface area contributed by atoms with E-state index in [4.69, 9.17) is 0 Å². The Bertz CT molecular complexity index is 1200. The normalized spacial score (nSPS) is 11.0. The molecule has 0 bridgehead atoms. The molecule has 0 saturated carbocycles. The third-order valence-electron chi connectivity index (χ3n) is 4.46. The van der Waals surface area contributed by atoms with Crippen molar-refractivity contribution in [3.63, 3.8) is 0 Å². The molecule has 2 aromatic carbocycles. The molecule has 1 amide bonds. The molecule has 29 heavy (non-hydrogen) atoms. The molecule has 2 heterocycles. The van der Waals surface area contributed by atoms with Crippen molar-refractivity contribution < 1.29 is 9.59 Å². The number of amides is 1. The van der Waals surface area contributed by atoms with E-state index in [1.54, 1.807) is 35.6 Å². The van der Waals surface area contributed by atoms with Crippen LogP contribution in [0.4, 0.5) is 5.69 Å². The topological polar surface area (TPSA) is 76.9 Å². The first kappa shape index (κ1) is 19.4. The summed E-state index contributed by atoms with van der Waals surface area (Å²) < 4.78 is 3.11. The highest BCUT2D eigenvalue weighted by atomic mass is 32.2. The number of anilines is 1. The van der Waals surface area contributed by atoms with Crippen molar-refractivity contribution in [2.45, 2.75) is 12.1 Å². The van der Waals surface area contributed by atoms with Gasteiger partial charge >= 0.3 is 0 Å². The number of ketones is 1. The number of nitrogens with zero attached hydrogens (tertiary/aromatic N) is 3. The molecule has 2 aromatic heterocycles. The highest BCUT2D eigenvalue weighted by molar-refractivity contribution is 7.99. The van der Waals surface area contributed by atoms with Crippen LogP contribution in [0, 0.1) is 0 Å². The molecule has 0 saturated heterocycles. The lowest BCUT2D eigenvalue weighted by atomic mass is 10.1. The minimum atomic E-state index is -0.142. The summed E-state index contributed by atoms with van der Waals surface area (Å²) >= 11 is 3.01. The summed E-state index contributed by atoms with van der Waals surface area (Å²) in [7, 11) is 1.91. The SMILES string of the molecule is CC(=O)c1ccc(NC(=O)CSc2nnc(-c3csc4ccccc34)n2C)cc1. The molecule has 0 aliphatic rings. The fourth-order valence-corrected chi connectivity index (χ4v) is 4.59. The molecule has 0 aliphatic heterocycles. The summed E-state index contributed by atoms with van der Waals surface area (Å²) in [5.74, 6) is 0.848. The fraction of sp³-hybridized carbons (Fsp3) is 0.143. The Balaban J connectivity index is 1.43. The summed E-state index contributed by atoms with van der Waals surface area (Å²) in [6.45, 7) is 1.51. The van der Waals surface area contributed by atoms with Gasteiger partial charge in [0.25, 0.3) is 0 Å². The van der Waals surface area contributed by atoms with E-state index in [1.165, 1.54) is 23.4 Å². The second-order valence-corrected chi connectivity index (χ2v) is 8.33. The quantitative estimate of drug-likeness (QED) is 0.362. The van der Waals surface area contributed by atoms with Gasteiger partial charge in [0.2, 0.25) is 5.91 Å². The van der Waals surface area contributed by atoms with Crippen LogP contribution in [-0.4, -0.2) is 32.2 Å². The van der Waals surface area contributed by atoms with Crippen LogP contribution in [0.25, 0.3) is 21.5 Å². The maximum absolute atomic E-state index is 12.3. The van der Waals surface area contributed by atoms with Crippen LogP contribution in [0.1, 0.15) is 17.3 Å². The van der Waals surface area contributed by atoms with E-state index in [2.05, 4.69) is 33.0 Å². The van der Waals surface area contributed by atoms with E-state index in [9.17, 15) is 9.59 Å². The molecular weight excluding hydrogens is 404 g/mol. The number of hydrogen-bond donors (Lipinski definition) is 1. The molecule has 8 heteroatoms. The number of thiophene rings is 1. The molecule has 6 nitrogen and oxygen atoms in total. The van der Waals surface area contributed by atoms with Crippen LogP contribution in [0.15, 0.2) is 59.1 Å². The predicted octanol–water partition coefficient (Wildman–Crippen LogP) is 4.63. The average molecular weight is 423 g/mol. The zero-order valence-electron chi connectivity index (χ0n) is 15.9. The van der Waals surface area contributed by atoms with Crippen molar-refractivity contribution in [3.05, 3.63) is 59.5 Å². The van der Waals surface area contributed by atoms with Gasteiger partial charge in [0.15, 0.2) is 16.8 Å². The second kappa shape index (κ2) is 8.18. The van der Waals surface area contributed by atoms with Gasteiger partial charge in [-0.2, -0.15) is 0 Å².